The van der Waals surface area contributed by atoms with Gasteiger partial charge in [-0.15, -0.1) is 5.10 Å². The number of pyridine rings is 1. The molecule has 0 bridgehead atoms. The van der Waals surface area contributed by atoms with E-state index >= 15 is 0 Å². The topological polar surface area (TPSA) is 92.8 Å². The molecule has 0 unspecified atom stereocenters. The monoisotopic (exact) mass is 474 g/mol. The number of fused-ring (bicyclic) bond motifs is 1. The molecule has 0 amide bonds. The number of aryl methyl sites for hydroxylation is 2. The number of furan rings is 1. The molecule has 1 aliphatic carbocycles. The van der Waals surface area contributed by atoms with Crippen molar-refractivity contribution in [3.8, 4) is 0 Å². The Labute approximate surface area is 205 Å². The molecule has 0 radical (unpaired) electrons. The van der Waals surface area contributed by atoms with E-state index in [-0.39, 0.29) is 17.5 Å². The Balaban J connectivity index is 1.54. The number of nitrogens with one attached hydrogen (secondary N) is 1. The van der Waals surface area contributed by atoms with Crippen molar-refractivity contribution in [2.45, 2.75) is 78.6 Å². The summed E-state index contributed by atoms with van der Waals surface area (Å²) in [5, 5.41) is 13.9. The van der Waals surface area contributed by atoms with Gasteiger partial charge in [0, 0.05) is 23.7 Å². The van der Waals surface area contributed by atoms with Crippen LogP contribution in [0, 0.1) is 19.8 Å². The van der Waals surface area contributed by atoms with Gasteiger partial charge < -0.3 is 9.40 Å². The van der Waals surface area contributed by atoms with Crippen LogP contribution >= 0.6 is 0 Å². The number of aromatic nitrogens is 5. The smallest absolute Gasteiger partial charge is 0.252 e. The predicted molar refractivity (Wildman–Crippen MR) is 135 cm³/mol. The Morgan fingerprint density at radius 1 is 1.17 bits per heavy atom. The third kappa shape index (κ3) is 4.80. The van der Waals surface area contributed by atoms with E-state index in [1.807, 2.05) is 16.8 Å². The number of hydrogen-bond donors (Lipinski definition) is 1. The van der Waals surface area contributed by atoms with Crippen LogP contribution in [0.1, 0.15) is 73.8 Å². The minimum absolute atomic E-state index is 0.0265. The van der Waals surface area contributed by atoms with Crippen molar-refractivity contribution < 1.29 is 4.42 Å². The van der Waals surface area contributed by atoms with Gasteiger partial charge >= 0.3 is 0 Å². The van der Waals surface area contributed by atoms with E-state index in [0.29, 0.717) is 19.1 Å². The van der Waals surface area contributed by atoms with Crippen LogP contribution in [-0.4, -0.2) is 36.1 Å². The molecule has 184 valence electrons. The molecular formula is C27H34N6O2. The summed E-state index contributed by atoms with van der Waals surface area (Å²) in [5.41, 5.74) is 4.04. The molecule has 3 heterocycles. The minimum Gasteiger partial charge on any atom is -0.467 e. The quantitative estimate of drug-likeness (QED) is 0.390. The number of H-pyrrole nitrogens is 1. The van der Waals surface area contributed by atoms with Crippen LogP contribution in [0.5, 0.6) is 0 Å². The summed E-state index contributed by atoms with van der Waals surface area (Å²) in [6, 6.07) is 10.4. The van der Waals surface area contributed by atoms with Crippen LogP contribution < -0.4 is 5.56 Å². The lowest BCUT2D eigenvalue weighted by Gasteiger charge is -2.37. The second-order valence-corrected chi connectivity index (χ2v) is 10.2. The van der Waals surface area contributed by atoms with Crippen molar-refractivity contribution in [3.63, 3.8) is 0 Å². The summed E-state index contributed by atoms with van der Waals surface area (Å²) < 4.78 is 7.39. The van der Waals surface area contributed by atoms with E-state index in [4.69, 9.17) is 4.42 Å². The van der Waals surface area contributed by atoms with Crippen LogP contribution in [0.2, 0.25) is 0 Å². The summed E-state index contributed by atoms with van der Waals surface area (Å²) in [6.07, 6.45) is 6.31. The van der Waals surface area contributed by atoms with Crippen LogP contribution in [0.4, 0.5) is 0 Å². The zero-order chi connectivity index (χ0) is 24.5. The number of aromatic amines is 1. The van der Waals surface area contributed by atoms with E-state index in [2.05, 4.69) is 71.3 Å². The van der Waals surface area contributed by atoms with Crippen LogP contribution in [0.3, 0.4) is 0 Å². The average Bonchev–Trinajstić information content (AvgIpc) is 3.59. The summed E-state index contributed by atoms with van der Waals surface area (Å²) in [5.74, 6) is 1.87. The Hall–Kier alpha value is -3.26. The average molecular weight is 475 g/mol. The lowest BCUT2D eigenvalue weighted by Crippen LogP contribution is -2.41. The number of hydrogen-bond acceptors (Lipinski definition) is 6. The first-order valence-electron chi connectivity index (χ1n) is 12.6. The molecule has 1 aliphatic rings. The third-order valence-corrected chi connectivity index (χ3v) is 7.38. The van der Waals surface area contributed by atoms with Gasteiger partial charge in [-0.1, -0.05) is 26.7 Å². The van der Waals surface area contributed by atoms with Gasteiger partial charge in [-0.05, 0) is 89.9 Å². The standard InChI is InChI=1S/C27H34N6O2/c1-17(2)25(26-29-30-31-33(26)16-23-10-7-11-35-23)32(22-8-5-6-9-22)15-21-14-20-12-18(3)19(4)13-24(20)28-27(21)34/h7,10-14,17,22,25H,5-6,8-9,15-16H2,1-4H3,(H,28,34)/t25-/m0/s1. The van der Waals surface area contributed by atoms with Crippen molar-refractivity contribution in [2.24, 2.45) is 5.92 Å². The molecule has 1 saturated carbocycles. The van der Waals surface area contributed by atoms with Gasteiger partial charge in [-0.25, -0.2) is 4.68 Å². The van der Waals surface area contributed by atoms with Gasteiger partial charge in [0.15, 0.2) is 5.82 Å². The first-order chi connectivity index (χ1) is 16.9. The van der Waals surface area contributed by atoms with Crippen LogP contribution in [-0.2, 0) is 13.1 Å². The fraction of sp³-hybridized carbons (Fsp3) is 0.481. The minimum atomic E-state index is -0.0297. The summed E-state index contributed by atoms with van der Waals surface area (Å²) in [6.45, 7) is 9.62. The Bertz CT molecular complexity index is 1350. The third-order valence-electron chi connectivity index (χ3n) is 7.38. The van der Waals surface area contributed by atoms with Gasteiger partial charge in [-0.2, -0.15) is 0 Å². The first kappa shape index (κ1) is 23.5. The van der Waals surface area contributed by atoms with Crippen molar-refractivity contribution in [3.05, 3.63) is 75.2 Å². The molecule has 1 aromatic carbocycles. The number of tetrazole rings is 1. The molecule has 0 aliphatic heterocycles. The molecule has 5 rings (SSSR count). The highest BCUT2D eigenvalue weighted by molar-refractivity contribution is 5.80. The van der Waals surface area contributed by atoms with Crippen molar-refractivity contribution >= 4 is 10.9 Å². The maximum atomic E-state index is 13.2. The molecule has 4 aromatic rings. The van der Waals surface area contributed by atoms with Crippen molar-refractivity contribution in [1.29, 1.82) is 0 Å². The summed E-state index contributed by atoms with van der Waals surface area (Å²) in [7, 11) is 0. The predicted octanol–water partition coefficient (Wildman–Crippen LogP) is 4.91. The van der Waals surface area contributed by atoms with E-state index in [9.17, 15) is 4.79 Å². The molecule has 8 heteroatoms. The molecule has 1 fully saturated rings. The van der Waals surface area contributed by atoms with Gasteiger partial charge in [0.1, 0.15) is 12.3 Å². The van der Waals surface area contributed by atoms with E-state index in [1.165, 1.54) is 24.0 Å². The highest BCUT2D eigenvalue weighted by Crippen LogP contribution is 2.36. The fourth-order valence-corrected chi connectivity index (χ4v) is 5.44. The number of rotatable bonds is 8. The van der Waals surface area contributed by atoms with Gasteiger partial charge in [0.2, 0.25) is 0 Å². The molecular weight excluding hydrogens is 440 g/mol. The highest BCUT2D eigenvalue weighted by atomic mass is 16.3. The Kier molecular flexibility index (Phi) is 6.56. The lowest BCUT2D eigenvalue weighted by molar-refractivity contribution is 0.0842. The molecule has 3 aromatic heterocycles. The van der Waals surface area contributed by atoms with E-state index in [0.717, 1.165) is 40.9 Å². The number of benzene rings is 1. The summed E-state index contributed by atoms with van der Waals surface area (Å²) >= 11 is 0. The molecule has 35 heavy (non-hydrogen) atoms. The van der Waals surface area contributed by atoms with Gasteiger partial charge in [0.25, 0.3) is 5.56 Å². The maximum absolute atomic E-state index is 13.2. The normalized spacial score (nSPS) is 15.6. The SMILES string of the molecule is Cc1cc2cc(CN(C3CCCC3)[C@H](c3nnnn3Cc3ccco3)C(C)C)c(=O)[nH]c2cc1C. The Morgan fingerprint density at radius 2 is 1.94 bits per heavy atom. The van der Waals surface area contributed by atoms with Gasteiger partial charge in [0.05, 0.1) is 12.3 Å². The Morgan fingerprint density at radius 3 is 2.66 bits per heavy atom. The van der Waals surface area contributed by atoms with E-state index in [1.54, 1.807) is 6.26 Å². The van der Waals surface area contributed by atoms with E-state index < -0.39 is 0 Å². The number of nitrogens with zero attached hydrogens (tertiary/aromatic N) is 5. The van der Waals surface area contributed by atoms with Crippen LogP contribution in [0.15, 0.2) is 45.8 Å². The van der Waals surface area contributed by atoms with Crippen molar-refractivity contribution in [2.75, 3.05) is 0 Å². The zero-order valence-corrected chi connectivity index (χ0v) is 21.0. The largest absolute Gasteiger partial charge is 0.467 e. The molecule has 8 nitrogen and oxygen atoms in total. The molecule has 1 atom stereocenters. The maximum Gasteiger partial charge on any atom is 0.252 e. The lowest BCUT2D eigenvalue weighted by atomic mass is 9.97. The fourth-order valence-electron chi connectivity index (χ4n) is 5.44. The van der Waals surface area contributed by atoms with Crippen LogP contribution in [0.25, 0.3) is 10.9 Å². The zero-order valence-electron chi connectivity index (χ0n) is 21.0. The first-order valence-corrected chi connectivity index (χ1v) is 12.6. The van der Waals surface area contributed by atoms with Gasteiger partial charge in [-0.3, -0.25) is 9.69 Å². The second kappa shape index (κ2) is 9.77. The molecule has 0 spiro atoms. The molecule has 0 saturated heterocycles. The van der Waals surface area contributed by atoms with Crippen molar-refractivity contribution in [1.82, 2.24) is 30.1 Å². The highest BCUT2D eigenvalue weighted by Gasteiger charge is 2.35. The molecule has 1 N–H and O–H groups in total. The second-order valence-electron chi connectivity index (χ2n) is 10.2. The summed E-state index contributed by atoms with van der Waals surface area (Å²) in [4.78, 5) is 18.8.